The summed E-state index contributed by atoms with van der Waals surface area (Å²) in [6, 6.07) is 11.2. The van der Waals surface area contributed by atoms with Crippen LogP contribution in [0.2, 0.25) is 10.0 Å². The maximum atomic E-state index is 11.9. The Morgan fingerprint density at radius 1 is 1.03 bits per heavy atom. The summed E-state index contributed by atoms with van der Waals surface area (Å²) in [6.45, 7) is -0.190. The van der Waals surface area contributed by atoms with Crippen molar-refractivity contribution in [2.45, 2.75) is 6.42 Å². The van der Waals surface area contributed by atoms with Gasteiger partial charge < -0.3 is 14.8 Å². The molecule has 2 aromatic rings. The first kappa shape index (κ1) is 22.2. The van der Waals surface area contributed by atoms with Crippen molar-refractivity contribution in [1.82, 2.24) is 5.43 Å². The summed E-state index contributed by atoms with van der Waals surface area (Å²) in [5.74, 6) is -1.11. The molecule has 0 radical (unpaired) electrons. The molecular formula is C19H17Cl2N3O5. The van der Waals surface area contributed by atoms with Gasteiger partial charge in [0.2, 0.25) is 11.8 Å². The number of halogens is 2. The number of carbonyl (C=O) groups excluding carboxylic acids is 3. The first-order valence-corrected chi connectivity index (χ1v) is 8.99. The van der Waals surface area contributed by atoms with Gasteiger partial charge in [-0.15, -0.1) is 0 Å². The van der Waals surface area contributed by atoms with Crippen LogP contribution in [-0.4, -0.2) is 37.7 Å². The van der Waals surface area contributed by atoms with Crippen molar-refractivity contribution in [3.05, 3.63) is 58.1 Å². The van der Waals surface area contributed by atoms with E-state index in [4.69, 9.17) is 27.9 Å². The Kier molecular flexibility index (Phi) is 8.45. The number of esters is 1. The third-order valence-electron chi connectivity index (χ3n) is 3.39. The smallest absolute Gasteiger partial charge is 0.343 e. The summed E-state index contributed by atoms with van der Waals surface area (Å²) in [5, 5.41) is 6.98. The number of ether oxygens (including phenoxy) is 2. The zero-order valence-corrected chi connectivity index (χ0v) is 16.8. The second-order valence-electron chi connectivity index (χ2n) is 5.58. The van der Waals surface area contributed by atoms with Gasteiger partial charge >= 0.3 is 5.97 Å². The fraction of sp³-hybridized carbons (Fsp3) is 0.158. The monoisotopic (exact) mass is 437 g/mol. The molecule has 2 N–H and O–H groups in total. The molecule has 2 amide bonds. The van der Waals surface area contributed by atoms with Crippen molar-refractivity contribution in [3.63, 3.8) is 0 Å². The number of methoxy groups -OCH3 is 1. The lowest BCUT2D eigenvalue weighted by Gasteiger charge is -2.06. The number of nitrogens with one attached hydrogen (secondary N) is 2. The van der Waals surface area contributed by atoms with Crippen molar-refractivity contribution >= 4 is 52.9 Å². The molecule has 0 fully saturated rings. The molecular weight excluding hydrogens is 421 g/mol. The minimum absolute atomic E-state index is 0.190. The topological polar surface area (TPSA) is 106 Å². The Morgan fingerprint density at radius 2 is 1.76 bits per heavy atom. The molecule has 29 heavy (non-hydrogen) atoms. The zero-order valence-electron chi connectivity index (χ0n) is 15.3. The number of rotatable bonds is 8. The summed E-state index contributed by atoms with van der Waals surface area (Å²) >= 11 is 11.7. The van der Waals surface area contributed by atoms with E-state index in [-0.39, 0.29) is 6.61 Å². The highest BCUT2D eigenvalue weighted by atomic mass is 35.5. The fourth-order valence-corrected chi connectivity index (χ4v) is 2.29. The lowest BCUT2D eigenvalue weighted by molar-refractivity contribution is -0.143. The number of amides is 2. The van der Waals surface area contributed by atoms with Crippen LogP contribution in [0.1, 0.15) is 12.0 Å². The number of benzene rings is 2. The van der Waals surface area contributed by atoms with Gasteiger partial charge in [0, 0.05) is 5.69 Å². The van der Waals surface area contributed by atoms with Gasteiger partial charge in [-0.1, -0.05) is 23.2 Å². The van der Waals surface area contributed by atoms with Crippen LogP contribution in [-0.2, 0) is 19.1 Å². The fourth-order valence-electron chi connectivity index (χ4n) is 1.99. The van der Waals surface area contributed by atoms with E-state index in [1.807, 2.05) is 0 Å². The molecule has 0 saturated heterocycles. The van der Waals surface area contributed by atoms with Gasteiger partial charge in [-0.2, -0.15) is 5.10 Å². The summed E-state index contributed by atoms with van der Waals surface area (Å²) in [4.78, 5) is 34.7. The molecule has 0 aromatic heterocycles. The summed E-state index contributed by atoms with van der Waals surface area (Å²) < 4.78 is 9.69. The highest BCUT2D eigenvalue weighted by Crippen LogP contribution is 2.25. The van der Waals surface area contributed by atoms with E-state index in [2.05, 4.69) is 20.6 Å². The first-order chi connectivity index (χ1) is 13.9. The number of anilines is 1. The molecule has 0 heterocycles. The van der Waals surface area contributed by atoms with Gasteiger partial charge in [-0.05, 0) is 48.0 Å². The van der Waals surface area contributed by atoms with Gasteiger partial charge in [-0.3, -0.25) is 9.59 Å². The number of hydrazone groups is 1. The third kappa shape index (κ3) is 7.81. The molecule has 0 unspecified atom stereocenters. The maximum absolute atomic E-state index is 11.9. The highest BCUT2D eigenvalue weighted by Gasteiger charge is 2.10. The predicted octanol–water partition coefficient (Wildman–Crippen LogP) is 3.02. The molecule has 0 aliphatic rings. The van der Waals surface area contributed by atoms with E-state index in [0.717, 1.165) is 0 Å². The molecule has 0 spiro atoms. The van der Waals surface area contributed by atoms with Gasteiger partial charge in [0.15, 0.2) is 6.61 Å². The third-order valence-corrected chi connectivity index (χ3v) is 4.13. The molecule has 0 aliphatic heterocycles. The van der Waals surface area contributed by atoms with E-state index in [1.165, 1.54) is 25.5 Å². The minimum atomic E-state index is -0.586. The molecule has 8 nitrogen and oxygen atoms in total. The Bertz CT molecular complexity index is 917. The van der Waals surface area contributed by atoms with Crippen LogP contribution in [0.5, 0.6) is 5.75 Å². The van der Waals surface area contributed by atoms with Crippen molar-refractivity contribution in [1.29, 1.82) is 0 Å². The van der Waals surface area contributed by atoms with Gasteiger partial charge in [-0.25, -0.2) is 10.2 Å². The molecule has 2 rings (SSSR count). The highest BCUT2D eigenvalue weighted by molar-refractivity contribution is 6.42. The van der Waals surface area contributed by atoms with Gasteiger partial charge in [0.1, 0.15) is 12.2 Å². The van der Waals surface area contributed by atoms with Gasteiger partial charge in [0.25, 0.3) is 0 Å². The molecule has 152 valence electrons. The molecule has 0 atom stereocenters. The van der Waals surface area contributed by atoms with E-state index in [9.17, 15) is 14.4 Å². The normalized spacial score (nSPS) is 10.4. The predicted molar refractivity (Wildman–Crippen MR) is 109 cm³/mol. The minimum Gasteiger partial charge on any atom is -0.482 e. The number of carbonyl (C=O) groups is 3. The number of hydrogen-bond acceptors (Lipinski definition) is 6. The van der Waals surface area contributed by atoms with Crippen LogP contribution in [0.15, 0.2) is 47.6 Å². The van der Waals surface area contributed by atoms with Crippen molar-refractivity contribution in [2.24, 2.45) is 5.10 Å². The Morgan fingerprint density at radius 3 is 2.41 bits per heavy atom. The largest absolute Gasteiger partial charge is 0.482 e. The molecule has 0 aliphatic carbocycles. The molecule has 0 bridgehead atoms. The van der Waals surface area contributed by atoms with E-state index < -0.39 is 24.2 Å². The maximum Gasteiger partial charge on any atom is 0.343 e. The van der Waals surface area contributed by atoms with E-state index >= 15 is 0 Å². The summed E-state index contributed by atoms with van der Waals surface area (Å²) in [6.07, 6.45) is 0.983. The van der Waals surface area contributed by atoms with Crippen molar-refractivity contribution in [2.75, 3.05) is 19.0 Å². The zero-order chi connectivity index (χ0) is 21.2. The molecule has 10 heteroatoms. The number of hydrogen-bond donors (Lipinski definition) is 2. The molecule has 0 saturated carbocycles. The van der Waals surface area contributed by atoms with Crippen LogP contribution >= 0.6 is 23.2 Å². The first-order valence-electron chi connectivity index (χ1n) is 8.24. The Hall–Kier alpha value is -3.10. The van der Waals surface area contributed by atoms with Crippen molar-refractivity contribution in [3.8, 4) is 5.75 Å². The second kappa shape index (κ2) is 11.0. The van der Waals surface area contributed by atoms with E-state index in [1.54, 1.807) is 30.3 Å². The average molecular weight is 438 g/mol. The SMILES string of the molecule is COC(=O)COc1ccc(C=NNC(=O)CC(=O)Nc2ccc(Cl)c(Cl)c2)cc1. The standard InChI is InChI=1S/C19H17Cl2N3O5/c1-28-19(27)11-29-14-5-2-12(3-6-14)10-22-24-18(26)9-17(25)23-13-4-7-15(20)16(21)8-13/h2-8,10H,9,11H2,1H3,(H,23,25)(H,24,26). The quantitative estimate of drug-likeness (QED) is 0.285. The Labute approximate surface area is 176 Å². The lowest BCUT2D eigenvalue weighted by atomic mass is 10.2. The van der Waals surface area contributed by atoms with Crippen molar-refractivity contribution < 1.29 is 23.9 Å². The van der Waals surface area contributed by atoms with E-state index in [0.29, 0.717) is 27.0 Å². The van der Waals surface area contributed by atoms with Crippen LogP contribution in [0, 0.1) is 0 Å². The lowest BCUT2D eigenvalue weighted by Crippen LogP contribution is -2.24. The van der Waals surface area contributed by atoms with Gasteiger partial charge in [0.05, 0.1) is 23.4 Å². The van der Waals surface area contributed by atoms with Crippen LogP contribution < -0.4 is 15.5 Å². The molecule has 2 aromatic carbocycles. The average Bonchev–Trinajstić information content (AvgIpc) is 2.69. The Balaban J connectivity index is 1.77. The number of nitrogens with zero attached hydrogens (tertiary/aromatic N) is 1. The van der Waals surface area contributed by atoms with Crippen LogP contribution in [0.25, 0.3) is 0 Å². The van der Waals surface area contributed by atoms with Crippen LogP contribution in [0.3, 0.4) is 0 Å². The van der Waals surface area contributed by atoms with Crippen LogP contribution in [0.4, 0.5) is 5.69 Å². The second-order valence-corrected chi connectivity index (χ2v) is 6.40. The summed E-state index contributed by atoms with van der Waals surface area (Å²) in [7, 11) is 1.27. The summed E-state index contributed by atoms with van der Waals surface area (Å²) in [5.41, 5.74) is 3.36.